The van der Waals surface area contributed by atoms with E-state index in [1.165, 1.54) is 12.1 Å². The van der Waals surface area contributed by atoms with E-state index < -0.39 is 18.2 Å². The number of aliphatic hydroxyl groups is 1. The molecule has 0 amide bonds. The van der Waals surface area contributed by atoms with Gasteiger partial charge in [0.1, 0.15) is 0 Å². The molecule has 0 spiro atoms. The Kier molecular flexibility index (Phi) is 3.44. The Labute approximate surface area is 142 Å². The van der Waals surface area contributed by atoms with Gasteiger partial charge >= 0.3 is 6.18 Å². The number of alkyl halides is 3. The van der Waals surface area contributed by atoms with Crippen LogP contribution in [0.2, 0.25) is 0 Å². The van der Waals surface area contributed by atoms with Crippen molar-refractivity contribution in [1.29, 1.82) is 0 Å². The third kappa shape index (κ3) is 2.43. The highest BCUT2D eigenvalue weighted by Gasteiger charge is 2.57. The number of rotatable bonds is 1. The van der Waals surface area contributed by atoms with Crippen LogP contribution in [0.4, 0.5) is 13.2 Å². The van der Waals surface area contributed by atoms with E-state index >= 15 is 0 Å². The molecule has 0 saturated carbocycles. The summed E-state index contributed by atoms with van der Waals surface area (Å²) in [6, 6.07) is 15.2. The molecule has 1 aliphatic carbocycles. The predicted octanol–water partition coefficient (Wildman–Crippen LogP) is 4.72. The van der Waals surface area contributed by atoms with Crippen molar-refractivity contribution in [3.63, 3.8) is 0 Å². The van der Waals surface area contributed by atoms with Crippen molar-refractivity contribution in [2.24, 2.45) is 0 Å². The second-order valence-corrected chi connectivity index (χ2v) is 6.19. The van der Waals surface area contributed by atoms with E-state index in [2.05, 4.69) is 4.98 Å². The lowest BCUT2D eigenvalue weighted by Crippen LogP contribution is -2.46. The Morgan fingerprint density at radius 2 is 1.72 bits per heavy atom. The molecule has 0 saturated heterocycles. The van der Waals surface area contributed by atoms with Gasteiger partial charge in [0.2, 0.25) is 0 Å². The van der Waals surface area contributed by atoms with Gasteiger partial charge in [-0.15, -0.1) is 0 Å². The molecule has 1 unspecified atom stereocenters. The molecule has 2 nitrogen and oxygen atoms in total. The fourth-order valence-electron chi connectivity index (χ4n) is 3.42. The molecule has 5 heteroatoms. The lowest BCUT2D eigenvalue weighted by molar-refractivity contribution is -0.266. The topological polar surface area (TPSA) is 33.1 Å². The van der Waals surface area contributed by atoms with Gasteiger partial charge in [-0.25, -0.2) is 0 Å². The minimum Gasteiger partial charge on any atom is -0.376 e. The molecule has 126 valence electrons. The van der Waals surface area contributed by atoms with Gasteiger partial charge in [0.05, 0.1) is 0 Å². The lowest BCUT2D eigenvalue weighted by atomic mass is 9.74. The van der Waals surface area contributed by atoms with Crippen molar-refractivity contribution in [2.75, 3.05) is 0 Å². The second-order valence-electron chi connectivity index (χ2n) is 6.19. The molecule has 4 rings (SSSR count). The monoisotopic (exact) mass is 341 g/mol. The normalized spacial score (nSPS) is 19.2. The zero-order valence-corrected chi connectivity index (χ0v) is 13.1. The van der Waals surface area contributed by atoms with Crippen LogP contribution in [0.15, 0.2) is 67.0 Å². The molecule has 0 bridgehead atoms. The molecule has 1 heterocycles. The van der Waals surface area contributed by atoms with Crippen molar-refractivity contribution < 1.29 is 18.3 Å². The minimum atomic E-state index is -4.76. The van der Waals surface area contributed by atoms with Crippen LogP contribution in [0.25, 0.3) is 22.3 Å². The zero-order valence-electron chi connectivity index (χ0n) is 13.1. The molecule has 0 aliphatic heterocycles. The van der Waals surface area contributed by atoms with Gasteiger partial charge < -0.3 is 5.11 Å². The van der Waals surface area contributed by atoms with Crippen molar-refractivity contribution in [3.05, 3.63) is 78.1 Å². The van der Waals surface area contributed by atoms with Gasteiger partial charge in [-0.2, -0.15) is 13.2 Å². The first-order valence-corrected chi connectivity index (χ1v) is 7.82. The van der Waals surface area contributed by atoms with Crippen LogP contribution in [0, 0.1) is 0 Å². The summed E-state index contributed by atoms with van der Waals surface area (Å²) in [5.41, 5.74) is 0.224. The third-order valence-corrected chi connectivity index (χ3v) is 4.68. The number of halogens is 3. The summed E-state index contributed by atoms with van der Waals surface area (Å²) in [6.45, 7) is 0. The molecule has 0 fully saturated rings. The molecular formula is C20H14F3NO. The quantitative estimate of drug-likeness (QED) is 0.695. The Balaban J connectivity index is 1.92. The summed E-state index contributed by atoms with van der Waals surface area (Å²) in [5.74, 6) is 0. The van der Waals surface area contributed by atoms with Crippen molar-refractivity contribution in [2.45, 2.75) is 18.2 Å². The van der Waals surface area contributed by atoms with Gasteiger partial charge in [-0.3, -0.25) is 4.98 Å². The maximum atomic E-state index is 13.7. The van der Waals surface area contributed by atoms with Crippen LogP contribution in [0.5, 0.6) is 0 Å². The van der Waals surface area contributed by atoms with Crippen LogP contribution in [-0.2, 0) is 12.0 Å². The molecular weight excluding hydrogens is 327 g/mol. The van der Waals surface area contributed by atoms with E-state index in [1.807, 2.05) is 18.2 Å². The molecule has 25 heavy (non-hydrogen) atoms. The average molecular weight is 341 g/mol. The molecule has 1 atom stereocenters. The van der Waals surface area contributed by atoms with E-state index in [1.54, 1.807) is 36.7 Å². The van der Waals surface area contributed by atoms with Crippen LogP contribution in [0.1, 0.15) is 11.1 Å². The molecule has 3 aromatic rings. The lowest BCUT2D eigenvalue weighted by Gasteiger charge is -2.37. The largest absolute Gasteiger partial charge is 0.421 e. The first-order valence-electron chi connectivity index (χ1n) is 7.82. The molecule has 1 aromatic heterocycles. The number of pyridine rings is 1. The van der Waals surface area contributed by atoms with E-state index in [9.17, 15) is 18.3 Å². The number of aromatic nitrogens is 1. The summed E-state index contributed by atoms with van der Waals surface area (Å²) in [7, 11) is 0. The van der Waals surface area contributed by atoms with Gasteiger partial charge in [0, 0.05) is 24.4 Å². The smallest absolute Gasteiger partial charge is 0.376 e. The summed E-state index contributed by atoms with van der Waals surface area (Å²) in [5, 5.41) is 10.5. The highest BCUT2D eigenvalue weighted by molar-refractivity contribution is 5.78. The fraction of sp³-hybridized carbons (Fsp3) is 0.150. The minimum absolute atomic E-state index is 0.0934. The van der Waals surface area contributed by atoms with E-state index in [4.69, 9.17) is 0 Å². The van der Waals surface area contributed by atoms with Gasteiger partial charge in [-0.1, -0.05) is 48.5 Å². The summed E-state index contributed by atoms with van der Waals surface area (Å²) in [4.78, 5) is 4.05. The second kappa shape index (κ2) is 5.43. The molecule has 1 N–H and O–H groups in total. The van der Waals surface area contributed by atoms with E-state index in [-0.39, 0.29) is 5.56 Å². The highest BCUT2D eigenvalue weighted by atomic mass is 19.4. The molecule has 0 radical (unpaired) electrons. The fourth-order valence-corrected chi connectivity index (χ4v) is 3.42. The maximum absolute atomic E-state index is 13.7. The SMILES string of the molecule is OC1(C(F)(F)F)Cc2cc(-c3cccnc3)ccc2-c2ccccc21. The number of nitrogens with zero attached hydrogens (tertiary/aromatic N) is 1. The van der Waals surface area contributed by atoms with Crippen LogP contribution >= 0.6 is 0 Å². The van der Waals surface area contributed by atoms with Gasteiger partial charge in [0.25, 0.3) is 0 Å². The van der Waals surface area contributed by atoms with Gasteiger partial charge in [0.15, 0.2) is 5.60 Å². The van der Waals surface area contributed by atoms with Crippen molar-refractivity contribution >= 4 is 0 Å². The summed E-state index contributed by atoms with van der Waals surface area (Å²) < 4.78 is 41.0. The van der Waals surface area contributed by atoms with E-state index in [0.717, 1.165) is 16.7 Å². The van der Waals surface area contributed by atoms with Gasteiger partial charge in [-0.05, 0) is 33.9 Å². The van der Waals surface area contributed by atoms with Crippen LogP contribution < -0.4 is 0 Å². The summed E-state index contributed by atoms with van der Waals surface area (Å²) in [6.07, 6.45) is -1.96. The Bertz CT molecular complexity index is 937. The Morgan fingerprint density at radius 3 is 2.44 bits per heavy atom. The third-order valence-electron chi connectivity index (χ3n) is 4.68. The number of hydrogen-bond acceptors (Lipinski definition) is 2. The molecule has 1 aliphatic rings. The van der Waals surface area contributed by atoms with Crippen molar-refractivity contribution in [1.82, 2.24) is 4.98 Å². The van der Waals surface area contributed by atoms with Crippen LogP contribution in [-0.4, -0.2) is 16.3 Å². The molecule has 2 aromatic carbocycles. The Morgan fingerprint density at radius 1 is 0.920 bits per heavy atom. The standard InChI is InChI=1S/C20H14F3NO/c21-20(22,23)19(25)11-15-10-13(14-4-3-9-24-12-14)7-8-16(15)17-5-1-2-6-18(17)19/h1-10,12,25H,11H2. The van der Waals surface area contributed by atoms with Crippen LogP contribution in [0.3, 0.4) is 0 Å². The predicted molar refractivity (Wildman–Crippen MR) is 88.8 cm³/mol. The zero-order chi connectivity index (χ0) is 17.7. The first kappa shape index (κ1) is 15.8. The van der Waals surface area contributed by atoms with E-state index in [0.29, 0.717) is 11.1 Å². The number of hydrogen-bond donors (Lipinski definition) is 1. The average Bonchev–Trinajstić information content (AvgIpc) is 2.61. The maximum Gasteiger partial charge on any atom is 0.421 e. The van der Waals surface area contributed by atoms with Crippen molar-refractivity contribution in [3.8, 4) is 22.3 Å². The number of benzene rings is 2. The Hall–Kier alpha value is -2.66. The number of fused-ring (bicyclic) bond motifs is 3. The first-order chi connectivity index (χ1) is 11.9. The highest BCUT2D eigenvalue weighted by Crippen LogP contribution is 2.50. The summed E-state index contributed by atoms with van der Waals surface area (Å²) >= 11 is 0.